The molecule has 1 atom stereocenters. The Kier molecular flexibility index (Phi) is 5.20. The van der Waals surface area contributed by atoms with Crippen LogP contribution in [0.5, 0.6) is 0 Å². The standard InChI is InChI=1S/C17H13ClFNOS2/c18-14-3-1-2-12(8-14)10-23(21)11-16-9-22-17(20-16)13-4-6-15(19)7-5-13/h1-9H,10-11H2. The summed E-state index contributed by atoms with van der Waals surface area (Å²) in [4.78, 5) is 4.49. The highest BCUT2D eigenvalue weighted by molar-refractivity contribution is 7.83. The fourth-order valence-electron chi connectivity index (χ4n) is 2.13. The van der Waals surface area contributed by atoms with Crippen molar-refractivity contribution in [2.24, 2.45) is 0 Å². The van der Waals surface area contributed by atoms with Crippen molar-refractivity contribution in [1.82, 2.24) is 4.98 Å². The van der Waals surface area contributed by atoms with E-state index in [1.54, 1.807) is 18.2 Å². The molecule has 3 aromatic rings. The summed E-state index contributed by atoms with van der Waals surface area (Å²) in [6.07, 6.45) is 0. The molecule has 2 aromatic carbocycles. The molecule has 0 amide bonds. The number of rotatable bonds is 5. The first-order valence-electron chi connectivity index (χ1n) is 6.90. The third-order valence-electron chi connectivity index (χ3n) is 3.17. The predicted octanol–water partition coefficient (Wildman–Crippen LogP) is 5.05. The van der Waals surface area contributed by atoms with Crippen LogP contribution in [0.15, 0.2) is 53.9 Å². The molecule has 1 heterocycles. The zero-order valence-electron chi connectivity index (χ0n) is 12.0. The maximum Gasteiger partial charge on any atom is 0.123 e. The molecule has 118 valence electrons. The first kappa shape index (κ1) is 16.3. The molecule has 0 aliphatic carbocycles. The highest BCUT2D eigenvalue weighted by Gasteiger charge is 2.09. The van der Waals surface area contributed by atoms with Crippen molar-refractivity contribution in [2.75, 3.05) is 0 Å². The molecule has 6 heteroatoms. The van der Waals surface area contributed by atoms with Crippen molar-refractivity contribution in [3.05, 3.63) is 76.0 Å². The summed E-state index contributed by atoms with van der Waals surface area (Å²) >= 11 is 7.40. The third-order valence-corrected chi connectivity index (χ3v) is 5.62. The zero-order chi connectivity index (χ0) is 16.2. The van der Waals surface area contributed by atoms with Crippen LogP contribution in [-0.2, 0) is 22.3 Å². The van der Waals surface area contributed by atoms with Gasteiger partial charge in [0.2, 0.25) is 0 Å². The van der Waals surface area contributed by atoms with E-state index < -0.39 is 10.8 Å². The maximum absolute atomic E-state index is 12.9. The second kappa shape index (κ2) is 7.34. The van der Waals surface area contributed by atoms with Gasteiger partial charge >= 0.3 is 0 Å². The highest BCUT2D eigenvalue weighted by Crippen LogP contribution is 2.24. The van der Waals surface area contributed by atoms with Crippen LogP contribution in [0.4, 0.5) is 4.39 Å². The largest absolute Gasteiger partial charge is 0.259 e. The lowest BCUT2D eigenvalue weighted by atomic mass is 10.2. The van der Waals surface area contributed by atoms with E-state index in [1.807, 2.05) is 23.6 Å². The van der Waals surface area contributed by atoms with E-state index in [9.17, 15) is 8.60 Å². The van der Waals surface area contributed by atoms with Crippen molar-refractivity contribution in [2.45, 2.75) is 11.5 Å². The van der Waals surface area contributed by atoms with Crippen molar-refractivity contribution >= 4 is 33.7 Å². The summed E-state index contributed by atoms with van der Waals surface area (Å²) < 4.78 is 25.2. The molecule has 2 nitrogen and oxygen atoms in total. The minimum Gasteiger partial charge on any atom is -0.259 e. The van der Waals surface area contributed by atoms with Crippen LogP contribution in [0.3, 0.4) is 0 Å². The summed E-state index contributed by atoms with van der Waals surface area (Å²) in [5.41, 5.74) is 2.60. The van der Waals surface area contributed by atoms with E-state index in [0.717, 1.165) is 21.8 Å². The second-order valence-electron chi connectivity index (χ2n) is 5.01. The van der Waals surface area contributed by atoms with Crippen molar-refractivity contribution in [3.8, 4) is 10.6 Å². The first-order valence-corrected chi connectivity index (χ1v) is 9.64. The molecule has 23 heavy (non-hydrogen) atoms. The van der Waals surface area contributed by atoms with Crippen LogP contribution < -0.4 is 0 Å². The van der Waals surface area contributed by atoms with Gasteiger partial charge in [0.1, 0.15) is 10.8 Å². The van der Waals surface area contributed by atoms with Gasteiger partial charge in [-0.05, 0) is 42.0 Å². The fourth-order valence-corrected chi connectivity index (χ4v) is 4.40. The SMILES string of the molecule is O=S(Cc1cccc(Cl)c1)Cc1csc(-c2ccc(F)cc2)n1. The molecule has 0 aliphatic heterocycles. The van der Waals surface area contributed by atoms with E-state index in [2.05, 4.69) is 4.98 Å². The molecule has 0 N–H and O–H groups in total. The van der Waals surface area contributed by atoms with E-state index in [0.29, 0.717) is 16.5 Å². The van der Waals surface area contributed by atoms with Crippen molar-refractivity contribution < 1.29 is 8.60 Å². The van der Waals surface area contributed by atoms with Crippen LogP contribution in [-0.4, -0.2) is 9.19 Å². The molecule has 1 aromatic heterocycles. The average Bonchev–Trinajstić information content (AvgIpc) is 2.96. The quantitative estimate of drug-likeness (QED) is 0.633. The van der Waals surface area contributed by atoms with Gasteiger partial charge < -0.3 is 0 Å². The molecule has 0 spiro atoms. The van der Waals surface area contributed by atoms with Gasteiger partial charge in [0.25, 0.3) is 0 Å². The van der Waals surface area contributed by atoms with Crippen LogP contribution in [0.2, 0.25) is 5.02 Å². The van der Waals surface area contributed by atoms with Gasteiger partial charge in [0, 0.05) is 32.5 Å². The van der Waals surface area contributed by atoms with Crippen LogP contribution >= 0.6 is 22.9 Å². The zero-order valence-corrected chi connectivity index (χ0v) is 14.4. The predicted molar refractivity (Wildman–Crippen MR) is 94.5 cm³/mol. The summed E-state index contributed by atoms with van der Waals surface area (Å²) in [7, 11) is -1.05. The number of aromatic nitrogens is 1. The number of hydrogen-bond acceptors (Lipinski definition) is 3. The number of benzene rings is 2. The van der Waals surface area contributed by atoms with E-state index in [-0.39, 0.29) is 5.82 Å². The topological polar surface area (TPSA) is 30.0 Å². The minimum atomic E-state index is -1.05. The lowest BCUT2D eigenvalue weighted by molar-refractivity contribution is 0.628. The summed E-state index contributed by atoms with van der Waals surface area (Å²) in [5.74, 6) is 0.571. The molecule has 0 saturated heterocycles. The van der Waals surface area contributed by atoms with E-state index >= 15 is 0 Å². The Morgan fingerprint density at radius 3 is 2.65 bits per heavy atom. The summed E-state index contributed by atoms with van der Waals surface area (Å²) in [6.45, 7) is 0. The molecule has 0 fully saturated rings. The van der Waals surface area contributed by atoms with Gasteiger partial charge in [-0.3, -0.25) is 4.21 Å². The Labute approximate surface area is 145 Å². The normalized spacial score (nSPS) is 12.3. The second-order valence-corrected chi connectivity index (χ2v) is 7.76. The molecule has 0 aliphatic rings. The van der Waals surface area contributed by atoms with E-state index in [1.165, 1.54) is 23.5 Å². The minimum absolute atomic E-state index is 0.270. The molecular weight excluding hydrogens is 353 g/mol. The number of hydrogen-bond donors (Lipinski definition) is 0. The van der Waals surface area contributed by atoms with Gasteiger partial charge in [-0.2, -0.15) is 0 Å². The number of thiazole rings is 1. The molecule has 0 bridgehead atoms. The Bertz CT molecular complexity index is 833. The lowest BCUT2D eigenvalue weighted by Gasteiger charge is -2.01. The van der Waals surface area contributed by atoms with Gasteiger partial charge in [-0.1, -0.05) is 23.7 Å². The van der Waals surface area contributed by atoms with Crippen molar-refractivity contribution in [3.63, 3.8) is 0 Å². The molecule has 1 unspecified atom stereocenters. The maximum atomic E-state index is 12.9. The molecule has 0 radical (unpaired) electrons. The van der Waals surface area contributed by atoms with Crippen LogP contribution in [0, 0.1) is 5.82 Å². The van der Waals surface area contributed by atoms with Gasteiger partial charge in [-0.25, -0.2) is 9.37 Å². The van der Waals surface area contributed by atoms with Crippen LogP contribution in [0.25, 0.3) is 10.6 Å². The summed E-state index contributed by atoms with van der Waals surface area (Å²) in [6, 6.07) is 13.6. The molecule has 0 saturated carbocycles. The average molecular weight is 366 g/mol. The smallest absolute Gasteiger partial charge is 0.123 e. The van der Waals surface area contributed by atoms with Gasteiger partial charge in [-0.15, -0.1) is 11.3 Å². The number of nitrogens with zero attached hydrogens (tertiary/aromatic N) is 1. The highest BCUT2D eigenvalue weighted by atomic mass is 35.5. The molecule has 3 rings (SSSR count). The van der Waals surface area contributed by atoms with Crippen molar-refractivity contribution in [1.29, 1.82) is 0 Å². The van der Waals surface area contributed by atoms with Crippen LogP contribution in [0.1, 0.15) is 11.3 Å². The lowest BCUT2D eigenvalue weighted by Crippen LogP contribution is -1.99. The monoisotopic (exact) mass is 365 g/mol. The number of halogens is 2. The Morgan fingerprint density at radius 2 is 1.91 bits per heavy atom. The van der Waals surface area contributed by atoms with E-state index in [4.69, 9.17) is 11.6 Å². The molecular formula is C17H13ClFNOS2. The fraction of sp³-hybridized carbons (Fsp3) is 0.118. The first-order chi connectivity index (χ1) is 11.1. The van der Waals surface area contributed by atoms with Gasteiger partial charge in [0.05, 0.1) is 11.4 Å². The summed E-state index contributed by atoms with van der Waals surface area (Å²) in [5, 5.41) is 3.35. The third kappa shape index (κ3) is 4.47. The Morgan fingerprint density at radius 1 is 1.13 bits per heavy atom. The Hall–Kier alpha value is -1.56. The van der Waals surface area contributed by atoms with Gasteiger partial charge in [0.15, 0.2) is 0 Å². The Balaban J connectivity index is 1.66.